The van der Waals surface area contributed by atoms with E-state index in [1.54, 1.807) is 6.08 Å². The quantitative estimate of drug-likeness (QED) is 0.316. The summed E-state index contributed by atoms with van der Waals surface area (Å²) in [7, 11) is 0. The van der Waals surface area contributed by atoms with Crippen molar-refractivity contribution in [1.29, 1.82) is 0 Å². The first-order chi connectivity index (χ1) is 4.81. The largest absolute Gasteiger partial charge is 0.373 e. The molecule has 0 saturated heterocycles. The molecule has 0 radical (unpaired) electrons. The minimum absolute atomic E-state index is 0.0796. The summed E-state index contributed by atoms with van der Waals surface area (Å²) in [4.78, 5) is 10.5. The zero-order valence-electron chi connectivity index (χ0n) is 6.01. The van der Waals surface area contributed by atoms with Crippen LogP contribution in [0.4, 0.5) is 0 Å². The van der Waals surface area contributed by atoms with Gasteiger partial charge in [-0.25, -0.2) is 0 Å². The van der Waals surface area contributed by atoms with E-state index in [0.29, 0.717) is 6.61 Å². The van der Waals surface area contributed by atoms with Crippen molar-refractivity contribution in [2.24, 2.45) is 0 Å². The first kappa shape index (κ1) is 9.11. The molecule has 56 valence electrons. The molecule has 0 aromatic rings. The molecule has 0 heterocycles. The number of hydrogen-bond acceptors (Lipinski definition) is 2. The van der Waals surface area contributed by atoms with E-state index in [-0.39, 0.29) is 12.4 Å². The summed E-state index contributed by atoms with van der Waals surface area (Å²) in [5.74, 6) is -0.0796. The minimum atomic E-state index is -0.0796. The Hall–Kier alpha value is -0.890. The van der Waals surface area contributed by atoms with Crippen molar-refractivity contribution in [1.82, 2.24) is 0 Å². The van der Waals surface area contributed by atoms with E-state index < -0.39 is 0 Å². The Morgan fingerprint density at radius 2 is 2.20 bits per heavy atom. The van der Waals surface area contributed by atoms with Gasteiger partial charge in [0.05, 0.1) is 6.61 Å². The first-order valence-corrected chi connectivity index (χ1v) is 3.15. The van der Waals surface area contributed by atoms with Gasteiger partial charge in [-0.15, -0.1) is 6.58 Å². The summed E-state index contributed by atoms with van der Waals surface area (Å²) >= 11 is 0. The highest BCUT2D eigenvalue weighted by Gasteiger charge is 1.92. The molecule has 2 heteroatoms. The summed E-state index contributed by atoms with van der Waals surface area (Å²) in [6.45, 7) is 7.52. The van der Waals surface area contributed by atoms with Crippen molar-refractivity contribution in [3.05, 3.63) is 25.3 Å². The topological polar surface area (TPSA) is 26.3 Å². The van der Waals surface area contributed by atoms with Crippen LogP contribution in [0.3, 0.4) is 0 Å². The third kappa shape index (κ3) is 5.25. The average molecular weight is 140 g/mol. The smallest absolute Gasteiger partial charge is 0.180 e. The van der Waals surface area contributed by atoms with Gasteiger partial charge in [-0.2, -0.15) is 0 Å². The summed E-state index contributed by atoms with van der Waals surface area (Å²) in [5.41, 5.74) is 0. The van der Waals surface area contributed by atoms with E-state index in [1.165, 1.54) is 6.08 Å². The van der Waals surface area contributed by atoms with Crippen molar-refractivity contribution in [2.75, 3.05) is 13.2 Å². The summed E-state index contributed by atoms with van der Waals surface area (Å²) in [6.07, 6.45) is 3.79. The maximum Gasteiger partial charge on any atom is 0.180 e. The molecule has 2 nitrogen and oxygen atoms in total. The third-order valence-corrected chi connectivity index (χ3v) is 0.938. The molecule has 0 aliphatic carbocycles. The van der Waals surface area contributed by atoms with Gasteiger partial charge in [0.2, 0.25) is 0 Å². The van der Waals surface area contributed by atoms with Crippen LogP contribution in [0.1, 0.15) is 6.42 Å². The van der Waals surface area contributed by atoms with Crippen LogP contribution in [-0.4, -0.2) is 19.0 Å². The van der Waals surface area contributed by atoms with Crippen LogP contribution in [-0.2, 0) is 9.53 Å². The number of hydrogen-bond donors (Lipinski definition) is 0. The predicted molar refractivity (Wildman–Crippen MR) is 40.8 cm³/mol. The molecule has 0 aromatic carbocycles. The number of ether oxygens (including phenoxy) is 1. The highest BCUT2D eigenvalue weighted by Crippen LogP contribution is 1.83. The van der Waals surface area contributed by atoms with Gasteiger partial charge < -0.3 is 4.74 Å². The highest BCUT2D eigenvalue weighted by molar-refractivity contribution is 5.90. The molecule has 0 rings (SSSR count). The Balaban J connectivity index is 3.11. The van der Waals surface area contributed by atoms with Crippen LogP contribution in [0.2, 0.25) is 0 Å². The monoisotopic (exact) mass is 140 g/mol. The zero-order chi connectivity index (χ0) is 7.82. The van der Waals surface area contributed by atoms with Gasteiger partial charge in [0.15, 0.2) is 5.78 Å². The van der Waals surface area contributed by atoms with Crippen molar-refractivity contribution in [2.45, 2.75) is 6.42 Å². The lowest BCUT2D eigenvalue weighted by Gasteiger charge is -1.96. The van der Waals surface area contributed by atoms with E-state index in [2.05, 4.69) is 13.2 Å². The Kier molecular flexibility index (Phi) is 5.68. The SMILES string of the molecule is C=CCCOCC(=O)C=C. The third-order valence-electron chi connectivity index (χ3n) is 0.938. The molecular formula is C8H12O2. The molecule has 0 atom stereocenters. The fourth-order valence-corrected chi connectivity index (χ4v) is 0.398. The van der Waals surface area contributed by atoms with E-state index in [0.717, 1.165) is 6.42 Å². The van der Waals surface area contributed by atoms with Crippen molar-refractivity contribution in [3.8, 4) is 0 Å². The number of rotatable bonds is 6. The zero-order valence-corrected chi connectivity index (χ0v) is 6.01. The van der Waals surface area contributed by atoms with Crippen LogP contribution >= 0.6 is 0 Å². The molecule has 0 N–H and O–H groups in total. The van der Waals surface area contributed by atoms with Crippen molar-refractivity contribution in [3.63, 3.8) is 0 Å². The van der Waals surface area contributed by atoms with Crippen LogP contribution in [0.5, 0.6) is 0 Å². The molecule has 0 saturated carbocycles. The second kappa shape index (κ2) is 6.23. The van der Waals surface area contributed by atoms with Gasteiger partial charge in [-0.05, 0) is 12.5 Å². The summed E-state index contributed by atoms with van der Waals surface area (Å²) in [6, 6.07) is 0. The van der Waals surface area contributed by atoms with Gasteiger partial charge in [0.1, 0.15) is 6.61 Å². The number of carbonyl (C=O) groups is 1. The van der Waals surface area contributed by atoms with Crippen LogP contribution in [0.25, 0.3) is 0 Å². The van der Waals surface area contributed by atoms with E-state index >= 15 is 0 Å². The Bertz CT molecular complexity index is 127. The van der Waals surface area contributed by atoms with E-state index in [1.807, 2.05) is 0 Å². The first-order valence-electron chi connectivity index (χ1n) is 3.15. The predicted octanol–water partition coefficient (Wildman–Crippen LogP) is 1.33. The molecule has 0 unspecified atom stereocenters. The normalized spacial score (nSPS) is 8.80. The second-order valence-electron chi connectivity index (χ2n) is 1.80. The molecular weight excluding hydrogens is 128 g/mol. The number of ketones is 1. The molecule has 0 amide bonds. The standard InChI is InChI=1S/C8H12O2/c1-3-5-6-10-7-8(9)4-2/h3-4H,1-2,5-7H2. The molecule has 0 bridgehead atoms. The molecule has 10 heavy (non-hydrogen) atoms. The summed E-state index contributed by atoms with van der Waals surface area (Å²) < 4.78 is 4.93. The van der Waals surface area contributed by atoms with Gasteiger partial charge in [0.25, 0.3) is 0 Å². The lowest BCUT2D eigenvalue weighted by molar-refractivity contribution is -0.118. The maximum absolute atomic E-state index is 10.5. The Morgan fingerprint density at radius 1 is 1.50 bits per heavy atom. The lowest BCUT2D eigenvalue weighted by Crippen LogP contribution is -2.05. The van der Waals surface area contributed by atoms with Gasteiger partial charge in [0, 0.05) is 0 Å². The Labute approximate surface area is 61.2 Å². The second-order valence-corrected chi connectivity index (χ2v) is 1.80. The summed E-state index contributed by atoms with van der Waals surface area (Å²) in [5, 5.41) is 0. The number of carbonyl (C=O) groups excluding carboxylic acids is 1. The van der Waals surface area contributed by atoms with E-state index in [4.69, 9.17) is 4.74 Å². The van der Waals surface area contributed by atoms with Crippen LogP contribution in [0, 0.1) is 0 Å². The lowest BCUT2D eigenvalue weighted by atomic mass is 10.4. The fourth-order valence-electron chi connectivity index (χ4n) is 0.398. The molecule has 0 aliphatic heterocycles. The molecule has 0 aliphatic rings. The minimum Gasteiger partial charge on any atom is -0.373 e. The molecule has 0 spiro atoms. The van der Waals surface area contributed by atoms with Crippen LogP contribution < -0.4 is 0 Å². The average Bonchev–Trinajstić information content (AvgIpc) is 1.98. The fraction of sp³-hybridized carbons (Fsp3) is 0.375. The van der Waals surface area contributed by atoms with Crippen molar-refractivity contribution < 1.29 is 9.53 Å². The van der Waals surface area contributed by atoms with Gasteiger partial charge in [-0.1, -0.05) is 12.7 Å². The van der Waals surface area contributed by atoms with Crippen molar-refractivity contribution >= 4 is 5.78 Å². The Morgan fingerprint density at radius 3 is 2.70 bits per heavy atom. The highest BCUT2D eigenvalue weighted by atomic mass is 16.5. The van der Waals surface area contributed by atoms with Gasteiger partial charge in [-0.3, -0.25) is 4.79 Å². The van der Waals surface area contributed by atoms with E-state index in [9.17, 15) is 4.79 Å². The van der Waals surface area contributed by atoms with Gasteiger partial charge >= 0.3 is 0 Å². The molecule has 0 fully saturated rings. The van der Waals surface area contributed by atoms with Crippen LogP contribution in [0.15, 0.2) is 25.3 Å². The maximum atomic E-state index is 10.5. The molecule has 0 aromatic heterocycles.